The average Bonchev–Trinajstić information content (AvgIpc) is 2.84. The highest BCUT2D eigenvalue weighted by molar-refractivity contribution is 7.99. The number of nitrogens with two attached hydrogens (primary N) is 1. The number of amidine groups is 1. The quantitative estimate of drug-likeness (QED) is 0.206. The molecular formula is C29H36N4S. The van der Waals surface area contributed by atoms with E-state index in [-0.39, 0.29) is 5.92 Å². The summed E-state index contributed by atoms with van der Waals surface area (Å²) in [6.07, 6.45) is 11.2. The Morgan fingerprint density at radius 3 is 2.53 bits per heavy atom. The normalized spacial score (nSPS) is 12.2. The van der Waals surface area contributed by atoms with Crippen LogP contribution in [0.3, 0.4) is 0 Å². The number of benzene rings is 1. The highest BCUT2D eigenvalue weighted by Crippen LogP contribution is 2.33. The van der Waals surface area contributed by atoms with Crippen LogP contribution >= 0.6 is 11.8 Å². The summed E-state index contributed by atoms with van der Waals surface area (Å²) in [5.41, 5.74) is 10.7. The zero-order valence-corrected chi connectivity index (χ0v) is 21.8. The van der Waals surface area contributed by atoms with Crippen molar-refractivity contribution in [3.05, 3.63) is 96.0 Å². The molecule has 178 valence electrons. The Balaban J connectivity index is 0.00000129. The summed E-state index contributed by atoms with van der Waals surface area (Å²) in [6.45, 7) is 13.6. The molecule has 34 heavy (non-hydrogen) atoms. The number of aromatic nitrogens is 2. The molecule has 2 N–H and O–H groups in total. The summed E-state index contributed by atoms with van der Waals surface area (Å²) in [5, 5.41) is 0. The monoisotopic (exact) mass is 472 g/mol. The molecule has 0 aliphatic carbocycles. The molecular weight excluding hydrogens is 436 g/mol. The summed E-state index contributed by atoms with van der Waals surface area (Å²) in [4.78, 5) is 16.1. The van der Waals surface area contributed by atoms with E-state index >= 15 is 0 Å². The first-order chi connectivity index (χ1) is 16.4. The second-order valence-electron chi connectivity index (χ2n) is 7.99. The van der Waals surface area contributed by atoms with Gasteiger partial charge in [-0.15, -0.1) is 6.58 Å². The second-order valence-corrected chi connectivity index (χ2v) is 9.11. The molecule has 1 aromatic carbocycles. The number of nitrogens with zero attached hydrogens (tertiary/aromatic N) is 3. The number of hydrogen-bond donors (Lipinski definition) is 1. The van der Waals surface area contributed by atoms with Crippen LogP contribution in [0.1, 0.15) is 56.5 Å². The molecule has 0 aliphatic heterocycles. The van der Waals surface area contributed by atoms with Crippen molar-refractivity contribution in [2.24, 2.45) is 16.6 Å². The Kier molecular flexibility index (Phi) is 11.3. The van der Waals surface area contributed by atoms with Gasteiger partial charge >= 0.3 is 0 Å². The van der Waals surface area contributed by atoms with Crippen LogP contribution in [0.4, 0.5) is 5.82 Å². The fraction of sp³-hybridized carbons (Fsp3) is 0.276. The van der Waals surface area contributed by atoms with E-state index in [2.05, 4.69) is 73.7 Å². The molecule has 0 aliphatic rings. The lowest BCUT2D eigenvalue weighted by molar-refractivity contribution is 0.732. The van der Waals surface area contributed by atoms with Gasteiger partial charge in [-0.1, -0.05) is 68.1 Å². The van der Waals surface area contributed by atoms with Crippen molar-refractivity contribution in [2.75, 3.05) is 0 Å². The van der Waals surface area contributed by atoms with Crippen molar-refractivity contribution in [2.45, 2.75) is 57.3 Å². The molecule has 0 bridgehead atoms. The van der Waals surface area contributed by atoms with Crippen molar-refractivity contribution in [1.82, 2.24) is 9.97 Å². The molecule has 1 atom stereocenters. The first-order valence-electron chi connectivity index (χ1n) is 11.6. The second kappa shape index (κ2) is 14.2. The maximum absolute atomic E-state index is 6.24. The van der Waals surface area contributed by atoms with Crippen LogP contribution in [0.15, 0.2) is 88.4 Å². The predicted molar refractivity (Wildman–Crippen MR) is 148 cm³/mol. The lowest BCUT2D eigenvalue weighted by Gasteiger charge is -2.12. The summed E-state index contributed by atoms with van der Waals surface area (Å²) in [6, 6.07) is 14.6. The lowest BCUT2D eigenvalue weighted by atomic mass is 10.1. The largest absolute Gasteiger partial charge is 0.387 e. The SMILES string of the molecule is C/C=C\c1nccc(Sc2cnc(/N=C(/N)C(C)CC)c(Cc3ccccc3)c2)c1C.C=CC. The first kappa shape index (κ1) is 27.1. The van der Waals surface area contributed by atoms with E-state index in [1.807, 2.05) is 44.5 Å². The van der Waals surface area contributed by atoms with Gasteiger partial charge in [0, 0.05) is 40.1 Å². The van der Waals surface area contributed by atoms with Crippen LogP contribution in [-0.2, 0) is 6.42 Å². The van der Waals surface area contributed by atoms with E-state index in [0.717, 1.165) is 29.0 Å². The molecule has 5 heteroatoms. The minimum absolute atomic E-state index is 0.227. The van der Waals surface area contributed by atoms with Crippen LogP contribution in [0.5, 0.6) is 0 Å². The van der Waals surface area contributed by atoms with Crippen LogP contribution in [0.2, 0.25) is 0 Å². The standard InChI is InChI=1S/C26H30N4S.C3H6/c1-5-10-23-19(4)24(13-14-28-23)31-22-16-21(15-20-11-8-7-9-12-20)26(29-17-22)30-25(27)18(3)6-2;1-3-2/h5,7-14,16-18H,6,15H2,1-4H3,(H2,27,29,30);3H,1H2,2H3/b10-5-;. The molecule has 0 spiro atoms. The van der Waals surface area contributed by atoms with E-state index in [4.69, 9.17) is 10.7 Å². The zero-order valence-electron chi connectivity index (χ0n) is 21.0. The molecule has 2 aromatic heterocycles. The van der Waals surface area contributed by atoms with Gasteiger partial charge in [0.2, 0.25) is 0 Å². The summed E-state index contributed by atoms with van der Waals surface area (Å²) in [7, 11) is 0. The van der Waals surface area contributed by atoms with Gasteiger partial charge in [0.05, 0.1) is 5.69 Å². The van der Waals surface area contributed by atoms with Gasteiger partial charge in [-0.25, -0.2) is 9.98 Å². The van der Waals surface area contributed by atoms with Crippen molar-refractivity contribution in [1.29, 1.82) is 0 Å². The van der Waals surface area contributed by atoms with Crippen LogP contribution in [-0.4, -0.2) is 15.8 Å². The molecule has 0 saturated carbocycles. The fourth-order valence-corrected chi connectivity index (χ4v) is 4.07. The van der Waals surface area contributed by atoms with Gasteiger partial charge in [0.1, 0.15) is 5.84 Å². The Hall–Kier alpha value is -3.18. The predicted octanol–water partition coefficient (Wildman–Crippen LogP) is 7.79. The molecule has 0 saturated heterocycles. The number of pyridine rings is 2. The van der Waals surface area contributed by atoms with Gasteiger partial charge in [-0.2, -0.15) is 0 Å². The highest BCUT2D eigenvalue weighted by Gasteiger charge is 2.12. The minimum Gasteiger partial charge on any atom is -0.387 e. The maximum atomic E-state index is 6.24. The van der Waals surface area contributed by atoms with E-state index in [0.29, 0.717) is 11.7 Å². The molecule has 0 radical (unpaired) electrons. The van der Waals surface area contributed by atoms with Crippen molar-refractivity contribution in [3.8, 4) is 0 Å². The smallest absolute Gasteiger partial charge is 0.157 e. The Bertz CT molecular complexity index is 1120. The topological polar surface area (TPSA) is 64.2 Å². The van der Waals surface area contributed by atoms with Crippen molar-refractivity contribution in [3.63, 3.8) is 0 Å². The van der Waals surface area contributed by atoms with E-state index < -0.39 is 0 Å². The number of aliphatic imine (C=N–C) groups is 1. The lowest BCUT2D eigenvalue weighted by Crippen LogP contribution is -2.20. The number of allylic oxidation sites excluding steroid dienone is 2. The molecule has 3 aromatic rings. The van der Waals surface area contributed by atoms with E-state index in [9.17, 15) is 0 Å². The fourth-order valence-electron chi connectivity index (χ4n) is 3.12. The highest BCUT2D eigenvalue weighted by atomic mass is 32.2. The van der Waals surface area contributed by atoms with Gasteiger partial charge in [-0.05, 0) is 56.5 Å². The van der Waals surface area contributed by atoms with E-state index in [1.54, 1.807) is 17.8 Å². The number of hydrogen-bond acceptors (Lipinski definition) is 4. The van der Waals surface area contributed by atoms with Crippen LogP contribution in [0.25, 0.3) is 6.08 Å². The molecule has 0 fully saturated rings. The van der Waals surface area contributed by atoms with Crippen LogP contribution < -0.4 is 5.73 Å². The summed E-state index contributed by atoms with van der Waals surface area (Å²) < 4.78 is 0. The summed E-state index contributed by atoms with van der Waals surface area (Å²) >= 11 is 1.70. The van der Waals surface area contributed by atoms with Gasteiger partial charge < -0.3 is 5.73 Å². The third-order valence-corrected chi connectivity index (χ3v) is 6.37. The molecule has 4 nitrogen and oxygen atoms in total. The third kappa shape index (κ3) is 7.99. The Morgan fingerprint density at radius 1 is 1.18 bits per heavy atom. The molecule has 1 unspecified atom stereocenters. The first-order valence-corrected chi connectivity index (χ1v) is 12.4. The maximum Gasteiger partial charge on any atom is 0.157 e. The minimum atomic E-state index is 0.227. The molecule has 3 rings (SSSR count). The van der Waals surface area contributed by atoms with Crippen molar-refractivity contribution >= 4 is 29.5 Å². The average molecular weight is 473 g/mol. The van der Waals surface area contributed by atoms with Gasteiger partial charge in [0.25, 0.3) is 0 Å². The van der Waals surface area contributed by atoms with Gasteiger partial charge in [-0.3, -0.25) is 4.98 Å². The number of rotatable bonds is 8. The molecule has 2 heterocycles. The Labute approximate surface area is 209 Å². The van der Waals surface area contributed by atoms with Gasteiger partial charge in [0.15, 0.2) is 5.82 Å². The summed E-state index contributed by atoms with van der Waals surface area (Å²) in [5.74, 6) is 1.56. The third-order valence-electron chi connectivity index (χ3n) is 5.25. The van der Waals surface area contributed by atoms with Crippen molar-refractivity contribution < 1.29 is 0 Å². The Morgan fingerprint density at radius 2 is 1.88 bits per heavy atom. The van der Waals surface area contributed by atoms with E-state index in [1.165, 1.54) is 16.0 Å². The van der Waals surface area contributed by atoms with Crippen LogP contribution in [0, 0.1) is 12.8 Å². The molecule has 0 amide bonds. The zero-order chi connectivity index (χ0) is 24.9.